The second kappa shape index (κ2) is 11.1. The van der Waals surface area contributed by atoms with Crippen LogP contribution in [-0.4, -0.2) is 6.61 Å². The van der Waals surface area contributed by atoms with Gasteiger partial charge in [0.25, 0.3) is 0 Å². The van der Waals surface area contributed by atoms with Crippen LogP contribution < -0.4 is 20.1 Å². The molecule has 0 radical (unpaired) electrons. The standard InChI is InChI=1S/C30H30N2O2/c1-3-19-33-27-11-7-12-28(20-27)34-26-17-15-25(16-18-26)22-32(21-24-9-5-4-6-10-24)30-14-8-13-29(31)23(30)2/h3-18,20H,1,19,21-22,31H2,2H3. The van der Waals surface area contributed by atoms with Crippen LogP contribution in [0.15, 0.2) is 110 Å². The Morgan fingerprint density at radius 1 is 0.765 bits per heavy atom. The molecule has 4 aromatic carbocycles. The number of anilines is 2. The molecule has 0 aliphatic rings. The van der Waals surface area contributed by atoms with Crippen molar-refractivity contribution in [2.24, 2.45) is 0 Å². The van der Waals surface area contributed by atoms with Crippen LogP contribution in [0.5, 0.6) is 17.2 Å². The van der Waals surface area contributed by atoms with E-state index in [1.165, 1.54) is 11.1 Å². The number of hydrogen-bond acceptors (Lipinski definition) is 4. The molecule has 0 bridgehead atoms. The van der Waals surface area contributed by atoms with Gasteiger partial charge in [0.15, 0.2) is 0 Å². The van der Waals surface area contributed by atoms with Gasteiger partial charge in [-0.1, -0.05) is 67.3 Å². The van der Waals surface area contributed by atoms with E-state index >= 15 is 0 Å². The molecule has 0 saturated carbocycles. The van der Waals surface area contributed by atoms with E-state index in [9.17, 15) is 0 Å². The van der Waals surface area contributed by atoms with E-state index in [2.05, 4.69) is 60.9 Å². The van der Waals surface area contributed by atoms with Gasteiger partial charge in [-0.3, -0.25) is 0 Å². The van der Waals surface area contributed by atoms with Crippen LogP contribution in [0.25, 0.3) is 0 Å². The fourth-order valence-corrected chi connectivity index (χ4v) is 3.82. The van der Waals surface area contributed by atoms with Crippen LogP contribution in [0.2, 0.25) is 0 Å². The quantitative estimate of drug-likeness (QED) is 0.206. The monoisotopic (exact) mass is 450 g/mol. The molecule has 0 unspecified atom stereocenters. The van der Waals surface area contributed by atoms with Crippen molar-refractivity contribution >= 4 is 11.4 Å². The van der Waals surface area contributed by atoms with E-state index in [-0.39, 0.29) is 0 Å². The van der Waals surface area contributed by atoms with Crippen LogP contribution in [0, 0.1) is 6.92 Å². The first-order valence-corrected chi connectivity index (χ1v) is 11.4. The lowest BCUT2D eigenvalue weighted by molar-refractivity contribution is 0.360. The van der Waals surface area contributed by atoms with Gasteiger partial charge in [0.2, 0.25) is 0 Å². The van der Waals surface area contributed by atoms with Gasteiger partial charge in [0.05, 0.1) is 0 Å². The molecule has 2 N–H and O–H groups in total. The number of nitrogen functional groups attached to an aromatic ring is 1. The van der Waals surface area contributed by atoms with Crippen LogP contribution in [0.1, 0.15) is 16.7 Å². The molecular weight excluding hydrogens is 420 g/mol. The largest absolute Gasteiger partial charge is 0.489 e. The summed E-state index contributed by atoms with van der Waals surface area (Å²) in [6.07, 6.45) is 1.72. The Balaban J connectivity index is 1.51. The average Bonchev–Trinajstić information content (AvgIpc) is 2.86. The summed E-state index contributed by atoms with van der Waals surface area (Å²) in [5, 5.41) is 0. The van der Waals surface area contributed by atoms with Crippen molar-refractivity contribution in [2.75, 3.05) is 17.2 Å². The molecule has 172 valence electrons. The summed E-state index contributed by atoms with van der Waals surface area (Å²) < 4.78 is 11.6. The Kier molecular flexibility index (Phi) is 7.51. The highest BCUT2D eigenvalue weighted by atomic mass is 16.5. The van der Waals surface area contributed by atoms with Crippen molar-refractivity contribution in [3.8, 4) is 17.2 Å². The lowest BCUT2D eigenvalue weighted by Gasteiger charge is -2.27. The van der Waals surface area contributed by atoms with Gasteiger partial charge >= 0.3 is 0 Å². The number of rotatable bonds is 10. The summed E-state index contributed by atoms with van der Waals surface area (Å²) in [6.45, 7) is 7.77. The fourth-order valence-electron chi connectivity index (χ4n) is 3.82. The predicted octanol–water partition coefficient (Wildman–Crippen LogP) is 7.14. The Morgan fingerprint density at radius 2 is 1.44 bits per heavy atom. The molecule has 4 nitrogen and oxygen atoms in total. The number of nitrogens with zero attached hydrogens (tertiary/aromatic N) is 1. The molecule has 0 heterocycles. The Morgan fingerprint density at radius 3 is 2.18 bits per heavy atom. The van der Waals surface area contributed by atoms with Gasteiger partial charge in [-0.15, -0.1) is 0 Å². The van der Waals surface area contributed by atoms with Gasteiger partial charge < -0.3 is 20.1 Å². The fraction of sp³-hybridized carbons (Fsp3) is 0.133. The molecule has 0 aliphatic carbocycles. The van der Waals surface area contributed by atoms with Gasteiger partial charge in [0.1, 0.15) is 23.9 Å². The van der Waals surface area contributed by atoms with Gasteiger partial charge in [-0.25, -0.2) is 0 Å². The maximum atomic E-state index is 6.22. The molecule has 0 aromatic heterocycles. The van der Waals surface area contributed by atoms with Crippen molar-refractivity contribution in [1.29, 1.82) is 0 Å². The smallest absolute Gasteiger partial charge is 0.131 e. The normalized spacial score (nSPS) is 10.5. The van der Waals surface area contributed by atoms with E-state index in [4.69, 9.17) is 15.2 Å². The third kappa shape index (κ3) is 5.99. The van der Waals surface area contributed by atoms with Crippen molar-refractivity contribution in [3.05, 3.63) is 126 Å². The minimum absolute atomic E-state index is 0.462. The highest BCUT2D eigenvalue weighted by Crippen LogP contribution is 2.29. The zero-order valence-corrected chi connectivity index (χ0v) is 19.5. The Bertz CT molecular complexity index is 1220. The van der Waals surface area contributed by atoms with Crippen LogP contribution in [0.4, 0.5) is 11.4 Å². The van der Waals surface area contributed by atoms with Gasteiger partial charge in [-0.05, 0) is 60.0 Å². The Hall–Kier alpha value is -4.18. The summed E-state index contributed by atoms with van der Waals surface area (Å²) in [6, 6.07) is 32.4. The number of ether oxygens (including phenoxy) is 2. The van der Waals surface area contributed by atoms with Crippen LogP contribution in [-0.2, 0) is 13.1 Å². The summed E-state index contributed by atoms with van der Waals surface area (Å²) in [5.74, 6) is 2.26. The van der Waals surface area contributed by atoms with Crippen LogP contribution >= 0.6 is 0 Å². The van der Waals surface area contributed by atoms with Crippen molar-refractivity contribution < 1.29 is 9.47 Å². The lowest BCUT2D eigenvalue weighted by atomic mass is 10.1. The number of nitrogens with two attached hydrogens (primary N) is 1. The van der Waals surface area contributed by atoms with Crippen molar-refractivity contribution in [3.63, 3.8) is 0 Å². The molecule has 0 amide bonds. The third-order valence-corrected chi connectivity index (χ3v) is 5.61. The molecule has 4 heteroatoms. The van der Waals surface area contributed by atoms with Crippen molar-refractivity contribution in [2.45, 2.75) is 20.0 Å². The van der Waals surface area contributed by atoms with Crippen molar-refractivity contribution in [1.82, 2.24) is 0 Å². The molecule has 34 heavy (non-hydrogen) atoms. The number of hydrogen-bond donors (Lipinski definition) is 1. The highest BCUT2D eigenvalue weighted by Gasteiger charge is 2.13. The van der Waals surface area contributed by atoms with E-state index in [0.29, 0.717) is 6.61 Å². The minimum Gasteiger partial charge on any atom is -0.489 e. The van der Waals surface area contributed by atoms with E-state index in [0.717, 1.165) is 47.3 Å². The first-order valence-electron chi connectivity index (χ1n) is 11.4. The summed E-state index contributed by atoms with van der Waals surface area (Å²) in [7, 11) is 0. The number of benzene rings is 4. The van der Waals surface area contributed by atoms with E-state index < -0.39 is 0 Å². The first-order chi connectivity index (χ1) is 16.6. The molecule has 0 aliphatic heterocycles. The summed E-state index contributed by atoms with van der Waals surface area (Å²) in [4.78, 5) is 2.36. The molecular formula is C30H30N2O2. The topological polar surface area (TPSA) is 47.7 Å². The molecule has 0 fully saturated rings. The average molecular weight is 451 g/mol. The Labute approximate surface area is 201 Å². The minimum atomic E-state index is 0.462. The molecule has 0 saturated heterocycles. The van der Waals surface area contributed by atoms with Gasteiger partial charge in [-0.2, -0.15) is 0 Å². The summed E-state index contributed by atoms with van der Waals surface area (Å²) >= 11 is 0. The van der Waals surface area contributed by atoms with Gasteiger partial charge in [0, 0.05) is 30.5 Å². The predicted molar refractivity (Wildman–Crippen MR) is 141 cm³/mol. The highest BCUT2D eigenvalue weighted by molar-refractivity contribution is 5.64. The van der Waals surface area contributed by atoms with E-state index in [1.54, 1.807) is 6.08 Å². The molecule has 0 atom stereocenters. The maximum Gasteiger partial charge on any atom is 0.131 e. The second-order valence-corrected chi connectivity index (χ2v) is 8.15. The SMILES string of the molecule is C=CCOc1cccc(Oc2ccc(CN(Cc3ccccc3)c3cccc(N)c3C)cc2)c1. The van der Waals surface area contributed by atoms with Crippen LogP contribution in [0.3, 0.4) is 0 Å². The zero-order valence-electron chi connectivity index (χ0n) is 19.5. The molecule has 4 aromatic rings. The second-order valence-electron chi connectivity index (χ2n) is 8.15. The summed E-state index contributed by atoms with van der Waals surface area (Å²) in [5.41, 5.74) is 11.7. The zero-order chi connectivity index (χ0) is 23.8. The van der Waals surface area contributed by atoms with E-state index in [1.807, 2.05) is 54.6 Å². The first kappa shape index (κ1) is 23.0. The molecule has 4 rings (SSSR count). The molecule has 0 spiro atoms. The third-order valence-electron chi connectivity index (χ3n) is 5.61. The lowest BCUT2D eigenvalue weighted by Crippen LogP contribution is -2.23. The maximum absolute atomic E-state index is 6.22.